The minimum absolute atomic E-state index is 0.0826. The number of fused-ring (bicyclic) bond motifs is 1. The third-order valence-electron chi connectivity index (χ3n) is 3.53. The van der Waals surface area contributed by atoms with E-state index >= 15 is 0 Å². The Labute approximate surface area is 123 Å². The molecule has 0 atom stereocenters. The van der Waals surface area contributed by atoms with Crippen molar-refractivity contribution in [2.75, 3.05) is 5.73 Å². The zero-order valence-corrected chi connectivity index (χ0v) is 11.5. The Hall–Kier alpha value is -2.89. The first-order valence-corrected chi connectivity index (χ1v) is 6.40. The third-order valence-corrected chi connectivity index (χ3v) is 3.53. The number of hydrogen-bond acceptors (Lipinski definition) is 4. The van der Waals surface area contributed by atoms with Gasteiger partial charge in [-0.3, -0.25) is 0 Å². The van der Waals surface area contributed by atoms with Gasteiger partial charge in [-0.2, -0.15) is 4.39 Å². The van der Waals surface area contributed by atoms with Crippen molar-refractivity contribution >= 4 is 16.7 Å². The number of aryl methyl sites for hydroxylation is 1. The van der Waals surface area contributed by atoms with E-state index in [1.807, 2.05) is 0 Å². The van der Waals surface area contributed by atoms with Gasteiger partial charge in [-0.25, -0.2) is 9.18 Å². The predicted octanol–water partition coefficient (Wildman–Crippen LogP) is 3.33. The Morgan fingerprint density at radius 1 is 1.18 bits per heavy atom. The van der Waals surface area contributed by atoms with Gasteiger partial charge >= 0.3 is 5.63 Å². The van der Waals surface area contributed by atoms with Crippen LogP contribution < -0.4 is 11.4 Å². The van der Waals surface area contributed by atoms with Gasteiger partial charge in [-0.05, 0) is 36.2 Å². The van der Waals surface area contributed by atoms with E-state index in [0.29, 0.717) is 16.8 Å². The van der Waals surface area contributed by atoms with Crippen molar-refractivity contribution < 1.29 is 18.3 Å². The van der Waals surface area contributed by atoms with Gasteiger partial charge in [0.1, 0.15) is 0 Å². The van der Waals surface area contributed by atoms with Gasteiger partial charge in [0.15, 0.2) is 17.1 Å². The standard InChI is InChI=1S/C16H11F2NO3/c1-7-10-6-11(17)14(20)13(18)15(10)22-16(21)12(7)8-2-4-9(19)5-3-8/h2-6,20H,19H2,1H3. The Balaban J connectivity index is 2.41. The fourth-order valence-corrected chi connectivity index (χ4v) is 2.39. The molecule has 0 fully saturated rings. The largest absolute Gasteiger partial charge is 0.503 e. The summed E-state index contributed by atoms with van der Waals surface area (Å²) in [5.74, 6) is -3.58. The lowest BCUT2D eigenvalue weighted by Crippen LogP contribution is -2.07. The summed E-state index contributed by atoms with van der Waals surface area (Å²) in [5, 5.41) is 9.36. The minimum Gasteiger partial charge on any atom is -0.503 e. The maximum atomic E-state index is 13.9. The van der Waals surface area contributed by atoms with Crippen molar-refractivity contribution in [2.45, 2.75) is 6.92 Å². The molecule has 22 heavy (non-hydrogen) atoms. The lowest BCUT2D eigenvalue weighted by molar-refractivity contribution is 0.392. The summed E-state index contributed by atoms with van der Waals surface area (Å²) >= 11 is 0. The molecular formula is C16H11F2NO3. The molecule has 0 spiro atoms. The van der Waals surface area contributed by atoms with E-state index in [2.05, 4.69) is 0 Å². The molecule has 112 valence electrons. The van der Waals surface area contributed by atoms with Crippen molar-refractivity contribution in [3.8, 4) is 16.9 Å². The molecule has 0 amide bonds. The van der Waals surface area contributed by atoms with Crippen LogP contribution in [0.4, 0.5) is 14.5 Å². The number of rotatable bonds is 1. The number of phenolic OH excluding ortho intramolecular Hbond substituents is 1. The average Bonchev–Trinajstić information content (AvgIpc) is 2.48. The van der Waals surface area contributed by atoms with Crippen LogP contribution in [0.1, 0.15) is 5.56 Å². The van der Waals surface area contributed by atoms with Gasteiger partial charge in [0, 0.05) is 11.1 Å². The Kier molecular flexibility index (Phi) is 3.09. The van der Waals surface area contributed by atoms with Crippen molar-refractivity contribution in [3.63, 3.8) is 0 Å². The molecule has 0 aliphatic heterocycles. The molecule has 1 aromatic heterocycles. The van der Waals surface area contributed by atoms with Crippen LogP contribution in [-0.2, 0) is 0 Å². The van der Waals surface area contributed by atoms with Crippen molar-refractivity contribution in [2.24, 2.45) is 0 Å². The number of halogens is 2. The van der Waals surface area contributed by atoms with Gasteiger partial charge < -0.3 is 15.3 Å². The van der Waals surface area contributed by atoms with Crippen LogP contribution >= 0.6 is 0 Å². The molecule has 3 N–H and O–H groups in total. The zero-order valence-electron chi connectivity index (χ0n) is 11.5. The quantitative estimate of drug-likeness (QED) is 0.534. The Morgan fingerprint density at radius 2 is 1.82 bits per heavy atom. The molecule has 0 saturated heterocycles. The summed E-state index contributed by atoms with van der Waals surface area (Å²) in [6.45, 7) is 1.56. The molecule has 0 saturated carbocycles. The molecule has 0 radical (unpaired) electrons. The summed E-state index contributed by atoms with van der Waals surface area (Å²) in [6, 6.07) is 7.39. The van der Waals surface area contributed by atoms with E-state index in [-0.39, 0.29) is 10.9 Å². The molecule has 3 rings (SSSR count). The maximum Gasteiger partial charge on any atom is 0.344 e. The van der Waals surface area contributed by atoms with Crippen LogP contribution in [0.5, 0.6) is 5.75 Å². The zero-order chi connectivity index (χ0) is 16.0. The second kappa shape index (κ2) is 4.84. The molecule has 0 aliphatic rings. The lowest BCUT2D eigenvalue weighted by Gasteiger charge is -2.09. The molecule has 6 heteroatoms. The molecule has 0 unspecified atom stereocenters. The summed E-state index contributed by atoms with van der Waals surface area (Å²) in [6.07, 6.45) is 0. The highest BCUT2D eigenvalue weighted by Crippen LogP contribution is 2.33. The number of aromatic hydroxyl groups is 1. The first-order valence-electron chi connectivity index (χ1n) is 6.40. The summed E-state index contributed by atoms with van der Waals surface area (Å²) in [7, 11) is 0. The van der Waals surface area contributed by atoms with E-state index < -0.39 is 28.6 Å². The van der Waals surface area contributed by atoms with Gasteiger partial charge in [0.2, 0.25) is 5.82 Å². The van der Waals surface area contributed by atoms with Gasteiger partial charge in [0.25, 0.3) is 0 Å². The van der Waals surface area contributed by atoms with Crippen LogP contribution in [0.3, 0.4) is 0 Å². The van der Waals surface area contributed by atoms with Crippen LogP contribution in [0.15, 0.2) is 39.5 Å². The van der Waals surface area contributed by atoms with Crippen molar-refractivity contribution in [1.82, 2.24) is 0 Å². The monoisotopic (exact) mass is 303 g/mol. The van der Waals surface area contributed by atoms with Gasteiger partial charge in [-0.15, -0.1) is 0 Å². The van der Waals surface area contributed by atoms with Crippen LogP contribution in [0, 0.1) is 18.6 Å². The van der Waals surface area contributed by atoms with Crippen molar-refractivity contribution in [3.05, 3.63) is 57.9 Å². The topological polar surface area (TPSA) is 76.5 Å². The number of benzene rings is 2. The lowest BCUT2D eigenvalue weighted by atomic mass is 9.99. The number of phenols is 1. The number of hydrogen-bond donors (Lipinski definition) is 2. The first-order chi connectivity index (χ1) is 10.4. The predicted molar refractivity (Wildman–Crippen MR) is 78.7 cm³/mol. The smallest absolute Gasteiger partial charge is 0.344 e. The molecule has 3 aromatic rings. The minimum atomic E-state index is -1.29. The van der Waals surface area contributed by atoms with E-state index in [1.54, 1.807) is 31.2 Å². The van der Waals surface area contributed by atoms with E-state index in [9.17, 15) is 18.7 Å². The highest BCUT2D eigenvalue weighted by atomic mass is 19.1. The summed E-state index contributed by atoms with van der Waals surface area (Å²) < 4.78 is 32.4. The SMILES string of the molecule is Cc1c(-c2ccc(N)cc2)c(=O)oc2c(F)c(O)c(F)cc12. The Morgan fingerprint density at radius 3 is 2.45 bits per heavy atom. The second-order valence-electron chi connectivity index (χ2n) is 4.91. The normalized spacial score (nSPS) is 11.0. The highest BCUT2D eigenvalue weighted by Gasteiger charge is 2.20. The van der Waals surface area contributed by atoms with Crippen LogP contribution in [-0.4, -0.2) is 5.11 Å². The molecule has 0 aliphatic carbocycles. The van der Waals surface area contributed by atoms with Crippen molar-refractivity contribution in [1.29, 1.82) is 0 Å². The van der Waals surface area contributed by atoms with Crippen LogP contribution in [0.2, 0.25) is 0 Å². The maximum absolute atomic E-state index is 13.9. The van der Waals surface area contributed by atoms with Crippen LogP contribution in [0.25, 0.3) is 22.1 Å². The number of nitrogens with two attached hydrogens (primary N) is 1. The number of anilines is 1. The third kappa shape index (κ3) is 2.00. The molecular weight excluding hydrogens is 292 g/mol. The Bertz CT molecular complexity index is 946. The summed E-state index contributed by atoms with van der Waals surface area (Å²) in [5.41, 5.74) is 5.94. The fourth-order valence-electron chi connectivity index (χ4n) is 2.39. The molecule has 0 bridgehead atoms. The second-order valence-corrected chi connectivity index (χ2v) is 4.91. The summed E-state index contributed by atoms with van der Waals surface area (Å²) in [4.78, 5) is 12.1. The average molecular weight is 303 g/mol. The number of nitrogen functional groups attached to an aromatic ring is 1. The molecule has 1 heterocycles. The molecule has 2 aromatic carbocycles. The highest BCUT2D eigenvalue weighted by molar-refractivity contribution is 5.88. The van der Waals surface area contributed by atoms with E-state index in [0.717, 1.165) is 6.07 Å². The van der Waals surface area contributed by atoms with E-state index in [4.69, 9.17) is 10.2 Å². The van der Waals surface area contributed by atoms with Gasteiger partial charge in [0.05, 0.1) is 5.56 Å². The van der Waals surface area contributed by atoms with Gasteiger partial charge in [-0.1, -0.05) is 12.1 Å². The first kappa shape index (κ1) is 14.1. The fraction of sp³-hybridized carbons (Fsp3) is 0.0625. The van der Waals surface area contributed by atoms with E-state index in [1.165, 1.54) is 0 Å². The molecule has 4 nitrogen and oxygen atoms in total.